The highest BCUT2D eigenvalue weighted by Crippen LogP contribution is 1.88. The summed E-state index contributed by atoms with van der Waals surface area (Å²) in [5, 5.41) is 10.9. The molecule has 0 saturated heterocycles. The van der Waals surface area contributed by atoms with Crippen LogP contribution >= 0.6 is 0 Å². The van der Waals surface area contributed by atoms with Crippen molar-refractivity contribution in [1.82, 2.24) is 4.72 Å². The molecule has 0 aromatic heterocycles. The Morgan fingerprint density at radius 2 is 2.25 bits per heavy atom. The fourth-order valence-electron chi connectivity index (χ4n) is 0.500. The molecule has 7 heteroatoms. The van der Waals surface area contributed by atoms with Crippen molar-refractivity contribution < 1.29 is 13.6 Å². The number of oxime groups is 1. The number of amidine groups is 1. The maximum absolute atomic E-state index is 10.9. The summed E-state index contributed by atoms with van der Waals surface area (Å²) in [5.74, 6) is -0.192. The van der Waals surface area contributed by atoms with Crippen LogP contribution in [0, 0.1) is 0 Å². The first-order valence-electron chi connectivity index (χ1n) is 3.40. The lowest BCUT2D eigenvalue weighted by Gasteiger charge is -2.10. The van der Waals surface area contributed by atoms with E-state index in [0.717, 1.165) is 0 Å². The second-order valence-corrected chi connectivity index (χ2v) is 4.31. The van der Waals surface area contributed by atoms with Crippen molar-refractivity contribution in [3.05, 3.63) is 0 Å². The van der Waals surface area contributed by atoms with Crippen LogP contribution in [0.25, 0.3) is 0 Å². The van der Waals surface area contributed by atoms with Gasteiger partial charge in [0.15, 0.2) is 5.84 Å². The smallest absolute Gasteiger partial charge is 0.211 e. The zero-order valence-electron chi connectivity index (χ0n) is 6.98. The van der Waals surface area contributed by atoms with E-state index in [9.17, 15) is 8.42 Å². The fraction of sp³-hybridized carbons (Fsp3) is 0.800. The average Bonchev–Trinajstić information content (AvgIpc) is 2.02. The molecule has 0 heterocycles. The van der Waals surface area contributed by atoms with Crippen molar-refractivity contribution in [1.29, 1.82) is 0 Å². The van der Waals surface area contributed by atoms with Gasteiger partial charge in [0.1, 0.15) is 0 Å². The minimum Gasteiger partial charge on any atom is -0.409 e. The number of nitrogens with two attached hydrogens (primary N) is 1. The van der Waals surface area contributed by atoms with Crippen molar-refractivity contribution in [3.63, 3.8) is 0 Å². The quantitative estimate of drug-likeness (QED) is 0.233. The summed E-state index contributed by atoms with van der Waals surface area (Å²) in [6, 6.07) is -0.681. The van der Waals surface area contributed by atoms with Crippen LogP contribution in [0.4, 0.5) is 0 Å². The Hall–Kier alpha value is -0.820. The topological polar surface area (TPSA) is 105 Å². The zero-order valence-corrected chi connectivity index (χ0v) is 7.80. The predicted molar refractivity (Wildman–Crippen MR) is 45.5 cm³/mol. The third-order valence-electron chi connectivity index (χ3n) is 1.30. The summed E-state index contributed by atoms with van der Waals surface area (Å²) in [6.07, 6.45) is 0. The van der Waals surface area contributed by atoms with Gasteiger partial charge in [0.2, 0.25) is 10.0 Å². The Bertz CT molecular complexity index is 259. The van der Waals surface area contributed by atoms with Gasteiger partial charge in [-0.05, 0) is 13.8 Å². The Kier molecular flexibility index (Phi) is 3.98. The highest BCUT2D eigenvalue weighted by Gasteiger charge is 2.14. The molecular weight excluding hydrogens is 182 g/mol. The number of sulfonamides is 1. The van der Waals surface area contributed by atoms with Crippen molar-refractivity contribution in [2.45, 2.75) is 19.9 Å². The third kappa shape index (κ3) is 3.54. The van der Waals surface area contributed by atoms with E-state index in [1.165, 1.54) is 13.8 Å². The third-order valence-corrected chi connectivity index (χ3v) is 2.77. The summed E-state index contributed by atoms with van der Waals surface area (Å²) in [6.45, 7) is 2.99. The van der Waals surface area contributed by atoms with Crippen molar-refractivity contribution in [2.75, 3.05) is 5.75 Å². The maximum atomic E-state index is 10.9. The Balaban J connectivity index is 4.29. The van der Waals surface area contributed by atoms with Crippen molar-refractivity contribution in [2.24, 2.45) is 10.9 Å². The van der Waals surface area contributed by atoms with E-state index in [4.69, 9.17) is 10.9 Å². The van der Waals surface area contributed by atoms with Crippen LogP contribution in [0.2, 0.25) is 0 Å². The Morgan fingerprint density at radius 1 is 1.75 bits per heavy atom. The van der Waals surface area contributed by atoms with E-state index in [-0.39, 0.29) is 11.6 Å². The second kappa shape index (κ2) is 4.27. The Morgan fingerprint density at radius 3 is 2.58 bits per heavy atom. The number of nitrogens with one attached hydrogen (secondary N) is 1. The van der Waals surface area contributed by atoms with Crippen molar-refractivity contribution >= 4 is 15.9 Å². The molecule has 0 aliphatic rings. The lowest BCUT2D eigenvalue weighted by atomic mass is 10.3. The first-order valence-corrected chi connectivity index (χ1v) is 5.05. The molecule has 4 N–H and O–H groups in total. The van der Waals surface area contributed by atoms with Gasteiger partial charge in [0, 0.05) is 0 Å². The van der Waals surface area contributed by atoms with Gasteiger partial charge in [-0.15, -0.1) is 0 Å². The molecule has 0 rings (SSSR count). The zero-order chi connectivity index (χ0) is 9.78. The van der Waals surface area contributed by atoms with Gasteiger partial charge in [0.05, 0.1) is 11.8 Å². The Labute approximate surface area is 71.5 Å². The number of hydrogen-bond acceptors (Lipinski definition) is 4. The molecule has 1 unspecified atom stereocenters. The summed E-state index contributed by atoms with van der Waals surface area (Å²) >= 11 is 0. The van der Waals surface area contributed by atoms with Crippen LogP contribution in [0.15, 0.2) is 5.16 Å². The molecule has 0 spiro atoms. The average molecular weight is 195 g/mol. The van der Waals surface area contributed by atoms with Crippen LogP contribution in [0.5, 0.6) is 0 Å². The van der Waals surface area contributed by atoms with Gasteiger partial charge in [-0.25, -0.2) is 13.1 Å². The largest absolute Gasteiger partial charge is 0.409 e. The van der Waals surface area contributed by atoms with Crippen LogP contribution in [0.3, 0.4) is 0 Å². The molecule has 6 nitrogen and oxygen atoms in total. The van der Waals surface area contributed by atoms with Crippen LogP contribution in [-0.4, -0.2) is 31.3 Å². The van der Waals surface area contributed by atoms with E-state index in [1.807, 2.05) is 0 Å². The van der Waals surface area contributed by atoms with Gasteiger partial charge in [0.25, 0.3) is 0 Å². The molecule has 0 radical (unpaired) electrons. The number of nitrogens with zero attached hydrogens (tertiary/aromatic N) is 1. The van der Waals surface area contributed by atoms with Gasteiger partial charge in [-0.2, -0.15) is 0 Å². The molecule has 0 fully saturated rings. The molecule has 0 aromatic rings. The summed E-state index contributed by atoms with van der Waals surface area (Å²) in [4.78, 5) is 0. The molecule has 72 valence electrons. The maximum Gasteiger partial charge on any atom is 0.211 e. The molecule has 12 heavy (non-hydrogen) atoms. The lowest BCUT2D eigenvalue weighted by molar-refractivity contribution is 0.316. The van der Waals surface area contributed by atoms with Crippen LogP contribution in [-0.2, 0) is 10.0 Å². The van der Waals surface area contributed by atoms with Crippen LogP contribution in [0.1, 0.15) is 13.8 Å². The molecular formula is C5H13N3O3S. The van der Waals surface area contributed by atoms with Crippen LogP contribution < -0.4 is 10.5 Å². The highest BCUT2D eigenvalue weighted by atomic mass is 32.2. The normalized spacial score (nSPS) is 16.0. The molecule has 0 saturated carbocycles. The summed E-state index contributed by atoms with van der Waals surface area (Å²) in [5.41, 5.74) is 5.15. The van der Waals surface area contributed by atoms with E-state index in [0.29, 0.717) is 0 Å². The van der Waals surface area contributed by atoms with E-state index in [1.54, 1.807) is 0 Å². The summed E-state index contributed by atoms with van der Waals surface area (Å²) in [7, 11) is -3.30. The molecule has 0 amide bonds. The molecule has 0 aromatic carbocycles. The minimum absolute atomic E-state index is 0.0317. The lowest BCUT2D eigenvalue weighted by Crippen LogP contribution is -2.42. The highest BCUT2D eigenvalue weighted by molar-refractivity contribution is 7.89. The van der Waals surface area contributed by atoms with E-state index in [2.05, 4.69) is 9.88 Å². The molecule has 0 aliphatic heterocycles. The fourth-order valence-corrected chi connectivity index (χ4v) is 1.33. The predicted octanol–water partition coefficient (Wildman–Crippen LogP) is -0.939. The summed E-state index contributed by atoms with van der Waals surface area (Å²) < 4.78 is 24.1. The van der Waals surface area contributed by atoms with Gasteiger partial charge in [-0.1, -0.05) is 5.16 Å². The minimum atomic E-state index is -3.30. The first kappa shape index (κ1) is 11.2. The van der Waals surface area contributed by atoms with Gasteiger partial charge < -0.3 is 10.9 Å². The van der Waals surface area contributed by atoms with Crippen molar-refractivity contribution in [3.8, 4) is 0 Å². The molecule has 0 aliphatic carbocycles. The van der Waals surface area contributed by atoms with E-state index >= 15 is 0 Å². The second-order valence-electron chi connectivity index (χ2n) is 2.27. The first-order chi connectivity index (χ1) is 5.43. The van der Waals surface area contributed by atoms with Gasteiger partial charge >= 0.3 is 0 Å². The molecule has 0 bridgehead atoms. The number of hydrogen-bond donors (Lipinski definition) is 3. The van der Waals surface area contributed by atoms with Gasteiger partial charge in [-0.3, -0.25) is 0 Å². The number of rotatable bonds is 4. The molecule has 1 atom stereocenters. The van der Waals surface area contributed by atoms with E-state index < -0.39 is 16.1 Å². The monoisotopic (exact) mass is 195 g/mol. The standard InChI is InChI=1S/C5H13N3O3S/c1-3-12(10,11)8-4(2)5(6)7-9/h4,8-9H,3H2,1-2H3,(H2,6,7). The SMILES string of the molecule is CCS(=O)(=O)NC(C)/C(N)=N/O.